The lowest BCUT2D eigenvalue weighted by Crippen LogP contribution is -2.23. The molecule has 2 aromatic heterocycles. The summed E-state index contributed by atoms with van der Waals surface area (Å²) >= 11 is 1.77. The van der Waals surface area contributed by atoms with Gasteiger partial charge in [0.2, 0.25) is 0 Å². The zero-order chi connectivity index (χ0) is 21.3. The first-order chi connectivity index (χ1) is 14.5. The van der Waals surface area contributed by atoms with E-state index in [1.165, 1.54) is 24.7 Å². The van der Waals surface area contributed by atoms with Crippen LogP contribution in [0.25, 0.3) is 16.1 Å². The van der Waals surface area contributed by atoms with Gasteiger partial charge in [0.05, 0.1) is 18.4 Å². The zero-order valence-corrected chi connectivity index (χ0v) is 18.1. The van der Waals surface area contributed by atoms with E-state index < -0.39 is 0 Å². The molecular weight excluding hydrogens is 400 g/mol. The van der Waals surface area contributed by atoms with Gasteiger partial charge in [-0.25, -0.2) is 4.79 Å². The molecule has 0 aliphatic heterocycles. The van der Waals surface area contributed by atoms with Crippen LogP contribution in [-0.2, 0) is 13.7 Å². The normalized spacial score (nSPS) is 10.9. The van der Waals surface area contributed by atoms with E-state index >= 15 is 0 Å². The molecule has 7 nitrogen and oxygen atoms in total. The minimum Gasteiger partial charge on any atom is -0.496 e. The Morgan fingerprint density at radius 3 is 2.50 bits per heavy atom. The van der Waals surface area contributed by atoms with E-state index in [-0.39, 0.29) is 12.3 Å². The molecule has 30 heavy (non-hydrogen) atoms. The minimum atomic E-state index is -0.337. The molecule has 4 aromatic rings. The maximum Gasteiger partial charge on any atom is 0.368 e. The Kier molecular flexibility index (Phi) is 5.41. The van der Waals surface area contributed by atoms with Crippen molar-refractivity contribution in [1.29, 1.82) is 0 Å². The van der Waals surface area contributed by atoms with Crippen molar-refractivity contribution >= 4 is 11.3 Å². The van der Waals surface area contributed by atoms with Gasteiger partial charge >= 0.3 is 5.69 Å². The molecule has 0 aliphatic rings. The predicted octanol–water partition coefficient (Wildman–Crippen LogP) is 3.90. The van der Waals surface area contributed by atoms with Crippen molar-refractivity contribution in [1.82, 2.24) is 19.8 Å². The molecule has 0 N–H and O–H groups in total. The van der Waals surface area contributed by atoms with Gasteiger partial charge < -0.3 is 9.47 Å². The van der Waals surface area contributed by atoms with Crippen LogP contribution in [0, 0.1) is 13.8 Å². The summed E-state index contributed by atoms with van der Waals surface area (Å²) in [5.41, 5.74) is 3.17. The molecule has 0 spiro atoms. The number of nitrogens with zero attached hydrogens (tertiary/aromatic N) is 4. The van der Waals surface area contributed by atoms with Crippen molar-refractivity contribution < 1.29 is 9.47 Å². The Balaban J connectivity index is 1.64. The van der Waals surface area contributed by atoms with E-state index in [0.717, 1.165) is 16.9 Å². The molecule has 0 aliphatic carbocycles. The highest BCUT2D eigenvalue weighted by molar-refractivity contribution is 7.15. The first-order valence-corrected chi connectivity index (χ1v) is 10.2. The van der Waals surface area contributed by atoms with Crippen LogP contribution < -0.4 is 15.2 Å². The van der Waals surface area contributed by atoms with Gasteiger partial charge in [-0.15, -0.1) is 11.3 Å². The average Bonchev–Trinajstić information content (AvgIpc) is 3.32. The van der Waals surface area contributed by atoms with Crippen LogP contribution in [0.3, 0.4) is 0 Å². The summed E-state index contributed by atoms with van der Waals surface area (Å²) < 4.78 is 14.1. The van der Waals surface area contributed by atoms with Gasteiger partial charge in [0.15, 0.2) is 0 Å². The molecule has 8 heteroatoms. The highest BCUT2D eigenvalue weighted by Crippen LogP contribution is 2.32. The van der Waals surface area contributed by atoms with Crippen molar-refractivity contribution in [3.63, 3.8) is 0 Å². The third kappa shape index (κ3) is 3.73. The number of benzene rings is 2. The largest absolute Gasteiger partial charge is 0.496 e. The molecule has 0 bridgehead atoms. The second-order valence-electron chi connectivity index (χ2n) is 6.93. The van der Waals surface area contributed by atoms with E-state index in [1.54, 1.807) is 31.6 Å². The second-order valence-corrected chi connectivity index (χ2v) is 8.22. The second kappa shape index (κ2) is 8.16. The zero-order valence-electron chi connectivity index (χ0n) is 17.2. The van der Waals surface area contributed by atoms with Crippen LogP contribution in [0.2, 0.25) is 0 Å². The summed E-state index contributed by atoms with van der Waals surface area (Å²) in [7, 11) is 3.15. The van der Waals surface area contributed by atoms with Crippen LogP contribution in [-0.4, -0.2) is 26.9 Å². The summed E-state index contributed by atoms with van der Waals surface area (Å²) in [4.78, 5) is 14.9. The number of aromatic nitrogens is 4. The summed E-state index contributed by atoms with van der Waals surface area (Å²) in [6.07, 6.45) is 0. The third-order valence-corrected chi connectivity index (χ3v) is 5.90. The van der Waals surface area contributed by atoms with Crippen molar-refractivity contribution in [2.45, 2.75) is 20.5 Å². The van der Waals surface area contributed by atoms with Gasteiger partial charge in [0.1, 0.15) is 18.1 Å². The number of methoxy groups -OCH3 is 1. The number of hydrogen-bond acceptors (Lipinski definition) is 6. The molecule has 0 unspecified atom stereocenters. The number of tetrazole rings is 1. The Bertz CT molecular complexity index is 1260. The molecule has 0 fully saturated rings. The van der Waals surface area contributed by atoms with E-state index in [0.29, 0.717) is 11.4 Å². The number of thiophene rings is 1. The standard InChI is InChI=1S/C22H22N4O3S/c1-14-12-16(21-11-8-15(2)30-21)9-10-19(14)29-13-17-18(6-5-7-20(17)28-4)26-22(27)25(3)23-24-26/h5-12H,13H2,1-4H3. The van der Waals surface area contributed by atoms with Gasteiger partial charge in [-0.3, -0.25) is 0 Å². The van der Waals surface area contributed by atoms with Crippen molar-refractivity contribution in [3.8, 4) is 27.6 Å². The van der Waals surface area contributed by atoms with Crippen molar-refractivity contribution in [2.24, 2.45) is 7.05 Å². The summed E-state index contributed by atoms with van der Waals surface area (Å²) in [5, 5.41) is 7.75. The van der Waals surface area contributed by atoms with Crippen LogP contribution in [0.15, 0.2) is 53.3 Å². The Hall–Kier alpha value is -3.39. The molecule has 154 valence electrons. The Labute approximate surface area is 178 Å². The van der Waals surface area contributed by atoms with Crippen molar-refractivity contribution in [3.05, 3.63) is 75.0 Å². The fraction of sp³-hybridized carbons (Fsp3) is 0.227. The molecule has 4 rings (SSSR count). The van der Waals surface area contributed by atoms with Crippen LogP contribution in [0.4, 0.5) is 0 Å². The maximum atomic E-state index is 12.3. The number of hydrogen-bond donors (Lipinski definition) is 0. The molecule has 0 amide bonds. The van der Waals surface area contributed by atoms with Gasteiger partial charge in [-0.1, -0.05) is 6.07 Å². The topological polar surface area (TPSA) is 71.2 Å². The quantitative estimate of drug-likeness (QED) is 0.471. The molecule has 0 atom stereocenters. The Morgan fingerprint density at radius 1 is 1.03 bits per heavy atom. The van der Waals surface area contributed by atoms with E-state index in [4.69, 9.17) is 9.47 Å². The average molecular weight is 423 g/mol. The number of ether oxygens (including phenoxy) is 2. The fourth-order valence-corrected chi connectivity index (χ4v) is 4.12. The molecule has 0 saturated carbocycles. The van der Waals surface area contributed by atoms with Gasteiger partial charge in [0, 0.05) is 16.8 Å². The van der Waals surface area contributed by atoms with E-state index in [9.17, 15) is 4.79 Å². The van der Waals surface area contributed by atoms with Gasteiger partial charge in [0.25, 0.3) is 0 Å². The molecule has 2 aromatic carbocycles. The fourth-order valence-electron chi connectivity index (χ4n) is 3.26. The van der Waals surface area contributed by atoms with Gasteiger partial charge in [-0.05, 0) is 77.9 Å². The minimum absolute atomic E-state index is 0.223. The first-order valence-electron chi connectivity index (χ1n) is 9.43. The molecule has 2 heterocycles. The van der Waals surface area contributed by atoms with Crippen LogP contribution in [0.5, 0.6) is 11.5 Å². The summed E-state index contributed by atoms with van der Waals surface area (Å²) in [6, 6.07) is 15.9. The van der Waals surface area contributed by atoms with E-state index in [2.05, 4.69) is 41.6 Å². The summed E-state index contributed by atoms with van der Waals surface area (Å²) in [5.74, 6) is 1.39. The highest BCUT2D eigenvalue weighted by Gasteiger charge is 2.16. The number of aryl methyl sites for hydroxylation is 3. The van der Waals surface area contributed by atoms with Crippen molar-refractivity contribution in [2.75, 3.05) is 7.11 Å². The maximum absolute atomic E-state index is 12.3. The first kappa shape index (κ1) is 19.9. The van der Waals surface area contributed by atoms with E-state index in [1.807, 2.05) is 25.1 Å². The van der Waals surface area contributed by atoms with Crippen LogP contribution in [0.1, 0.15) is 16.0 Å². The highest BCUT2D eigenvalue weighted by atomic mass is 32.1. The predicted molar refractivity (Wildman–Crippen MR) is 117 cm³/mol. The third-order valence-electron chi connectivity index (χ3n) is 4.85. The molecular formula is C22H22N4O3S. The summed E-state index contributed by atoms with van der Waals surface area (Å²) in [6.45, 7) is 4.35. The lowest BCUT2D eigenvalue weighted by Gasteiger charge is -2.15. The monoisotopic (exact) mass is 422 g/mol. The smallest absolute Gasteiger partial charge is 0.368 e. The Morgan fingerprint density at radius 2 is 1.87 bits per heavy atom. The lowest BCUT2D eigenvalue weighted by molar-refractivity contribution is 0.294. The molecule has 0 radical (unpaired) electrons. The van der Waals surface area contributed by atoms with Gasteiger partial charge in [-0.2, -0.15) is 9.36 Å². The number of rotatable bonds is 6. The van der Waals surface area contributed by atoms with Crippen LogP contribution >= 0.6 is 11.3 Å². The lowest BCUT2D eigenvalue weighted by atomic mass is 10.1. The molecule has 0 saturated heterocycles. The SMILES string of the molecule is COc1cccc(-n2nnn(C)c2=O)c1COc1ccc(-c2ccc(C)s2)cc1C.